The van der Waals surface area contributed by atoms with Crippen molar-refractivity contribution < 1.29 is 14.2 Å². The molecule has 0 unspecified atom stereocenters. The highest BCUT2D eigenvalue weighted by Crippen LogP contribution is 2.32. The minimum atomic E-state index is 0.104. The smallest absolute Gasteiger partial charge is 0.231 e. The van der Waals surface area contributed by atoms with E-state index in [1.54, 1.807) is 0 Å². The van der Waals surface area contributed by atoms with Crippen LogP contribution in [0.3, 0.4) is 0 Å². The van der Waals surface area contributed by atoms with Gasteiger partial charge in [0.2, 0.25) is 6.79 Å². The van der Waals surface area contributed by atoms with Crippen LogP contribution >= 0.6 is 12.2 Å². The topological polar surface area (TPSA) is 51.8 Å². The van der Waals surface area contributed by atoms with Gasteiger partial charge in [-0.05, 0) is 48.8 Å². The molecule has 0 saturated heterocycles. The number of hydrogen-bond donors (Lipinski definition) is 2. The predicted octanol–water partition coefficient (Wildman–Crippen LogP) is 3.55. The van der Waals surface area contributed by atoms with E-state index < -0.39 is 0 Å². The summed E-state index contributed by atoms with van der Waals surface area (Å²) in [5.41, 5.74) is 2.29. The van der Waals surface area contributed by atoms with E-state index in [2.05, 4.69) is 29.7 Å². The third-order valence-electron chi connectivity index (χ3n) is 4.13. The maximum absolute atomic E-state index is 5.85. The molecule has 6 heteroatoms. The maximum Gasteiger partial charge on any atom is 0.231 e. The van der Waals surface area contributed by atoms with Crippen LogP contribution in [0.15, 0.2) is 48.5 Å². The molecule has 5 nitrogen and oxygen atoms in total. The Labute approximate surface area is 159 Å². The normalized spacial score (nSPS) is 13.3. The Kier molecular flexibility index (Phi) is 6.68. The minimum absolute atomic E-state index is 0.104. The molecule has 1 heterocycles. The third-order valence-corrected chi connectivity index (χ3v) is 4.42. The summed E-state index contributed by atoms with van der Waals surface area (Å²) in [4.78, 5) is 0. The van der Waals surface area contributed by atoms with Crippen LogP contribution in [-0.2, 0) is 11.3 Å². The SMILES string of the molecule is C[C@H](OCCCNC(=S)NCc1ccc2c(c1)OCO2)c1ccccc1. The first-order chi connectivity index (χ1) is 12.7. The Hall–Kier alpha value is -2.31. The lowest BCUT2D eigenvalue weighted by Gasteiger charge is -2.14. The highest BCUT2D eigenvalue weighted by molar-refractivity contribution is 7.80. The molecule has 2 aromatic carbocycles. The van der Waals surface area contributed by atoms with Crippen molar-refractivity contribution in [3.05, 3.63) is 59.7 Å². The lowest BCUT2D eigenvalue weighted by Crippen LogP contribution is -2.35. The lowest BCUT2D eigenvalue weighted by atomic mass is 10.1. The standard InChI is InChI=1S/C20H24N2O3S/c1-15(17-6-3-2-4-7-17)23-11-5-10-21-20(26)22-13-16-8-9-18-19(12-16)25-14-24-18/h2-4,6-9,12,15H,5,10-11,13-14H2,1H3,(H2,21,22,26)/t15-/m0/s1. The van der Waals surface area contributed by atoms with E-state index in [1.165, 1.54) is 5.56 Å². The number of hydrogen-bond acceptors (Lipinski definition) is 4. The molecule has 1 aliphatic rings. The second-order valence-electron chi connectivity index (χ2n) is 6.07. The van der Waals surface area contributed by atoms with Crippen molar-refractivity contribution in [1.82, 2.24) is 10.6 Å². The Morgan fingerprint density at radius 1 is 1.12 bits per heavy atom. The van der Waals surface area contributed by atoms with Crippen molar-refractivity contribution in [3.63, 3.8) is 0 Å². The molecule has 0 spiro atoms. The zero-order valence-electron chi connectivity index (χ0n) is 14.9. The van der Waals surface area contributed by atoms with Gasteiger partial charge in [0.15, 0.2) is 16.6 Å². The molecule has 138 valence electrons. The van der Waals surface area contributed by atoms with Gasteiger partial charge in [0.1, 0.15) is 0 Å². The van der Waals surface area contributed by atoms with Crippen molar-refractivity contribution >= 4 is 17.3 Å². The van der Waals surface area contributed by atoms with Crippen LogP contribution in [-0.4, -0.2) is 25.1 Å². The molecule has 0 bridgehead atoms. The van der Waals surface area contributed by atoms with E-state index in [4.69, 9.17) is 26.4 Å². The molecule has 0 aliphatic carbocycles. The van der Waals surface area contributed by atoms with E-state index in [9.17, 15) is 0 Å². The van der Waals surface area contributed by atoms with Gasteiger partial charge in [0, 0.05) is 19.7 Å². The quantitative estimate of drug-likeness (QED) is 0.546. The summed E-state index contributed by atoms with van der Waals surface area (Å²) in [7, 11) is 0. The average Bonchev–Trinajstić information content (AvgIpc) is 3.14. The first kappa shape index (κ1) is 18.5. The summed E-state index contributed by atoms with van der Waals surface area (Å²) in [6.07, 6.45) is 0.996. The first-order valence-electron chi connectivity index (χ1n) is 8.79. The van der Waals surface area contributed by atoms with Crippen molar-refractivity contribution in [2.75, 3.05) is 19.9 Å². The van der Waals surface area contributed by atoms with Gasteiger partial charge in [-0.25, -0.2) is 0 Å². The fourth-order valence-corrected chi connectivity index (χ4v) is 2.82. The fraction of sp³-hybridized carbons (Fsp3) is 0.350. The largest absolute Gasteiger partial charge is 0.454 e. The van der Waals surface area contributed by atoms with Crippen LogP contribution in [0.25, 0.3) is 0 Å². The highest BCUT2D eigenvalue weighted by Gasteiger charge is 2.13. The fourth-order valence-electron chi connectivity index (χ4n) is 2.65. The predicted molar refractivity (Wildman–Crippen MR) is 105 cm³/mol. The molecule has 0 fully saturated rings. The van der Waals surface area contributed by atoms with Crippen molar-refractivity contribution in [3.8, 4) is 11.5 Å². The number of fused-ring (bicyclic) bond motifs is 1. The van der Waals surface area contributed by atoms with E-state index in [0.29, 0.717) is 18.3 Å². The van der Waals surface area contributed by atoms with Crippen LogP contribution in [0.5, 0.6) is 11.5 Å². The van der Waals surface area contributed by atoms with Gasteiger partial charge < -0.3 is 24.8 Å². The van der Waals surface area contributed by atoms with Crippen molar-refractivity contribution in [1.29, 1.82) is 0 Å². The number of ether oxygens (including phenoxy) is 3. The number of thiocarbonyl (C=S) groups is 1. The lowest BCUT2D eigenvalue weighted by molar-refractivity contribution is 0.0646. The molecule has 0 amide bonds. The third kappa shape index (κ3) is 5.34. The van der Waals surface area contributed by atoms with E-state index in [0.717, 1.165) is 30.0 Å². The molecule has 2 aromatic rings. The summed E-state index contributed by atoms with van der Waals surface area (Å²) < 4.78 is 16.5. The summed E-state index contributed by atoms with van der Waals surface area (Å²) in [6.45, 7) is 4.46. The molecule has 1 aliphatic heterocycles. The molecule has 2 N–H and O–H groups in total. The van der Waals surface area contributed by atoms with Gasteiger partial charge in [-0.1, -0.05) is 36.4 Å². The van der Waals surface area contributed by atoms with Gasteiger partial charge in [-0.2, -0.15) is 0 Å². The van der Waals surface area contributed by atoms with Gasteiger partial charge in [-0.15, -0.1) is 0 Å². The van der Waals surface area contributed by atoms with Crippen molar-refractivity contribution in [2.24, 2.45) is 0 Å². The number of rotatable bonds is 8. The zero-order valence-corrected chi connectivity index (χ0v) is 15.7. The van der Waals surface area contributed by atoms with E-state index in [1.807, 2.05) is 36.4 Å². The summed E-state index contributed by atoms with van der Waals surface area (Å²) in [5, 5.41) is 7.04. The van der Waals surface area contributed by atoms with Gasteiger partial charge in [0.25, 0.3) is 0 Å². The van der Waals surface area contributed by atoms with E-state index >= 15 is 0 Å². The van der Waals surface area contributed by atoms with Crippen LogP contribution in [0.2, 0.25) is 0 Å². The van der Waals surface area contributed by atoms with Gasteiger partial charge in [-0.3, -0.25) is 0 Å². The zero-order chi connectivity index (χ0) is 18.2. The molecule has 3 rings (SSSR count). The maximum atomic E-state index is 5.85. The second-order valence-corrected chi connectivity index (χ2v) is 6.48. The summed E-state index contributed by atoms with van der Waals surface area (Å²) >= 11 is 5.31. The molecule has 0 saturated carbocycles. The molecule has 0 aromatic heterocycles. The molecule has 0 radical (unpaired) electrons. The Morgan fingerprint density at radius 2 is 1.92 bits per heavy atom. The monoisotopic (exact) mass is 372 g/mol. The summed E-state index contributed by atoms with van der Waals surface area (Å²) in [5.74, 6) is 1.58. The van der Waals surface area contributed by atoms with Crippen LogP contribution in [0.4, 0.5) is 0 Å². The molecular formula is C20H24N2O3S. The number of nitrogens with one attached hydrogen (secondary N) is 2. The second kappa shape index (κ2) is 9.40. The minimum Gasteiger partial charge on any atom is -0.454 e. The molecule has 26 heavy (non-hydrogen) atoms. The van der Waals surface area contributed by atoms with Crippen LogP contribution in [0.1, 0.15) is 30.6 Å². The average molecular weight is 372 g/mol. The number of benzene rings is 2. The molecule has 1 atom stereocenters. The molecular weight excluding hydrogens is 348 g/mol. The van der Waals surface area contributed by atoms with Gasteiger partial charge >= 0.3 is 0 Å². The Balaban J connectivity index is 1.28. The van der Waals surface area contributed by atoms with Crippen LogP contribution < -0.4 is 20.1 Å². The van der Waals surface area contributed by atoms with E-state index in [-0.39, 0.29) is 12.9 Å². The summed E-state index contributed by atoms with van der Waals surface area (Å²) in [6, 6.07) is 16.1. The highest BCUT2D eigenvalue weighted by atomic mass is 32.1. The van der Waals surface area contributed by atoms with Gasteiger partial charge in [0.05, 0.1) is 6.10 Å². The van der Waals surface area contributed by atoms with Crippen molar-refractivity contribution in [2.45, 2.75) is 26.0 Å². The Morgan fingerprint density at radius 3 is 2.77 bits per heavy atom. The van der Waals surface area contributed by atoms with Crippen LogP contribution in [0, 0.1) is 0 Å². The first-order valence-corrected chi connectivity index (χ1v) is 9.20. The Bertz CT molecular complexity index is 724.